The summed E-state index contributed by atoms with van der Waals surface area (Å²) < 4.78 is 38.6. The van der Waals surface area contributed by atoms with Gasteiger partial charge in [-0.05, 0) is 55.7 Å². The van der Waals surface area contributed by atoms with Crippen LogP contribution in [-0.4, -0.2) is 56.1 Å². The summed E-state index contributed by atoms with van der Waals surface area (Å²) in [6.07, 6.45) is 0.805. The molecule has 4 N–H and O–H groups in total. The lowest BCUT2D eigenvalue weighted by atomic mass is 9.96. The fourth-order valence-corrected chi connectivity index (χ4v) is 4.52. The Hall–Kier alpha value is -3.37. The maximum Gasteiger partial charge on any atom is 0.391 e. The number of allylic oxidation sites excluding steroid dienone is 2. The van der Waals surface area contributed by atoms with Gasteiger partial charge < -0.3 is 25.9 Å². The molecule has 3 aliphatic rings. The number of carbonyl (C=O) groups excluding carboxylic acids is 2. The van der Waals surface area contributed by atoms with Crippen molar-refractivity contribution in [3.8, 4) is 0 Å². The Labute approximate surface area is 202 Å². The molecule has 0 aromatic heterocycles. The molecule has 0 radical (unpaired) electrons. The Kier molecular flexibility index (Phi) is 7.42. The van der Waals surface area contributed by atoms with E-state index in [2.05, 4.69) is 21.5 Å². The second kappa shape index (κ2) is 10.5. The summed E-state index contributed by atoms with van der Waals surface area (Å²) in [5.74, 6) is -0.682. The minimum Gasteiger partial charge on any atom is -0.372 e. The van der Waals surface area contributed by atoms with Crippen LogP contribution in [0.4, 0.5) is 24.5 Å². The number of piperidine rings is 2. The van der Waals surface area contributed by atoms with E-state index < -0.39 is 12.1 Å². The number of alkyl halides is 3. The molecule has 3 aliphatic heterocycles. The molecule has 1 aromatic carbocycles. The van der Waals surface area contributed by atoms with Gasteiger partial charge in [-0.3, -0.25) is 15.0 Å². The summed E-state index contributed by atoms with van der Waals surface area (Å²) in [7, 11) is 1.71. The first-order valence-electron chi connectivity index (χ1n) is 11.8. The van der Waals surface area contributed by atoms with Gasteiger partial charge in [-0.25, -0.2) is 0 Å². The average Bonchev–Trinajstić information content (AvgIpc) is 2.85. The fraction of sp³-hybridized carbons (Fsp3) is 0.500. The van der Waals surface area contributed by atoms with Crippen LogP contribution in [-0.2, 0) is 9.59 Å². The second-order valence-corrected chi connectivity index (χ2v) is 9.22. The van der Waals surface area contributed by atoms with Gasteiger partial charge in [0.05, 0.1) is 24.1 Å². The molecular weight excluding hydrogens is 461 g/mol. The number of benzene rings is 1. The van der Waals surface area contributed by atoms with Crippen molar-refractivity contribution in [1.29, 1.82) is 0 Å². The molecule has 1 atom stereocenters. The predicted molar refractivity (Wildman–Crippen MR) is 127 cm³/mol. The van der Waals surface area contributed by atoms with Crippen LogP contribution in [0.5, 0.6) is 0 Å². The first-order chi connectivity index (χ1) is 16.7. The van der Waals surface area contributed by atoms with Gasteiger partial charge in [0.25, 0.3) is 0 Å². The molecule has 0 spiro atoms. The normalized spacial score (nSPS) is 21.5. The van der Waals surface area contributed by atoms with Gasteiger partial charge in [0.1, 0.15) is 5.82 Å². The molecule has 11 heteroatoms. The molecule has 0 aliphatic carbocycles. The van der Waals surface area contributed by atoms with Crippen molar-refractivity contribution >= 4 is 23.2 Å². The number of hydrogen-bond acceptors (Lipinski definition) is 6. The number of halogens is 3. The van der Waals surface area contributed by atoms with Crippen LogP contribution in [0.1, 0.15) is 25.7 Å². The standard InChI is InChI=1S/C24H31F3N6O2/c1-32-15-16(2-9-22(32)34)23(35)28-14-19-5-8-21(31-30-19)29-18-3-6-20(7-4-18)33-12-10-17(11-13-33)24(25,26)27/h3-8,16-17,29-31H,2,9-15H2,1H3,(H,28,35). The zero-order chi connectivity index (χ0) is 25.0. The molecule has 35 heavy (non-hydrogen) atoms. The number of amides is 2. The van der Waals surface area contributed by atoms with Crippen molar-refractivity contribution in [1.82, 2.24) is 21.1 Å². The molecule has 4 rings (SSSR count). The van der Waals surface area contributed by atoms with E-state index in [1.54, 1.807) is 11.9 Å². The lowest BCUT2D eigenvalue weighted by Gasteiger charge is -2.34. The monoisotopic (exact) mass is 492 g/mol. The van der Waals surface area contributed by atoms with Gasteiger partial charge in [0.2, 0.25) is 11.8 Å². The fourth-order valence-electron chi connectivity index (χ4n) is 4.52. The van der Waals surface area contributed by atoms with Crippen LogP contribution in [0, 0.1) is 11.8 Å². The number of anilines is 2. The van der Waals surface area contributed by atoms with E-state index in [1.807, 2.05) is 41.3 Å². The van der Waals surface area contributed by atoms with Crippen molar-refractivity contribution < 1.29 is 22.8 Å². The van der Waals surface area contributed by atoms with Crippen molar-refractivity contribution in [3.63, 3.8) is 0 Å². The minimum atomic E-state index is -4.11. The summed E-state index contributed by atoms with van der Waals surface area (Å²) in [5, 5.41) is 6.14. The summed E-state index contributed by atoms with van der Waals surface area (Å²) in [5.41, 5.74) is 8.62. The highest BCUT2D eigenvalue weighted by atomic mass is 19.4. The van der Waals surface area contributed by atoms with Gasteiger partial charge in [-0.1, -0.05) is 0 Å². The van der Waals surface area contributed by atoms with Crippen LogP contribution < -0.4 is 26.4 Å². The topological polar surface area (TPSA) is 88.7 Å². The lowest BCUT2D eigenvalue weighted by Crippen LogP contribution is -2.46. The zero-order valence-corrected chi connectivity index (χ0v) is 19.6. The van der Waals surface area contributed by atoms with Crippen LogP contribution in [0.25, 0.3) is 0 Å². The van der Waals surface area contributed by atoms with E-state index in [-0.39, 0.29) is 30.6 Å². The minimum absolute atomic E-state index is 0.0670. The van der Waals surface area contributed by atoms with Crippen molar-refractivity contribution in [2.75, 3.05) is 43.4 Å². The van der Waals surface area contributed by atoms with Crippen molar-refractivity contribution in [2.45, 2.75) is 31.9 Å². The average molecular weight is 493 g/mol. The third-order valence-electron chi connectivity index (χ3n) is 6.73. The SMILES string of the molecule is CN1CC(C(=O)NCC2=CC=C(Nc3ccc(N4CCC(C(F)(F)F)CC4)cc3)NN2)CCC1=O. The van der Waals surface area contributed by atoms with E-state index in [9.17, 15) is 22.8 Å². The smallest absolute Gasteiger partial charge is 0.372 e. The first-order valence-corrected chi connectivity index (χ1v) is 11.8. The van der Waals surface area contributed by atoms with Gasteiger partial charge >= 0.3 is 6.18 Å². The Balaban J connectivity index is 1.23. The van der Waals surface area contributed by atoms with Gasteiger partial charge in [0, 0.05) is 44.5 Å². The molecule has 2 amide bonds. The molecule has 2 saturated heterocycles. The van der Waals surface area contributed by atoms with E-state index >= 15 is 0 Å². The molecular formula is C24H31F3N6O2. The van der Waals surface area contributed by atoms with Crippen LogP contribution >= 0.6 is 0 Å². The molecule has 1 unspecified atom stereocenters. The summed E-state index contributed by atoms with van der Waals surface area (Å²) in [6, 6.07) is 7.58. The number of likely N-dealkylation sites (tertiary alicyclic amines) is 1. The zero-order valence-electron chi connectivity index (χ0n) is 19.6. The second-order valence-electron chi connectivity index (χ2n) is 9.22. The van der Waals surface area contributed by atoms with E-state index in [0.717, 1.165) is 17.1 Å². The number of nitrogens with one attached hydrogen (secondary N) is 4. The third-order valence-corrected chi connectivity index (χ3v) is 6.73. The molecule has 0 bridgehead atoms. The van der Waals surface area contributed by atoms with Crippen LogP contribution in [0.2, 0.25) is 0 Å². The first kappa shape index (κ1) is 24.7. The highest BCUT2D eigenvalue weighted by Gasteiger charge is 2.41. The van der Waals surface area contributed by atoms with E-state index in [1.165, 1.54) is 0 Å². The van der Waals surface area contributed by atoms with Crippen molar-refractivity contribution in [3.05, 3.63) is 47.9 Å². The van der Waals surface area contributed by atoms with Gasteiger partial charge in [0.15, 0.2) is 0 Å². The van der Waals surface area contributed by atoms with Crippen molar-refractivity contribution in [2.24, 2.45) is 11.8 Å². The number of hydrazine groups is 1. The summed E-state index contributed by atoms with van der Waals surface area (Å²) in [6.45, 7) is 1.57. The predicted octanol–water partition coefficient (Wildman–Crippen LogP) is 2.69. The Morgan fingerprint density at radius 3 is 2.40 bits per heavy atom. The van der Waals surface area contributed by atoms with E-state index in [4.69, 9.17) is 0 Å². The largest absolute Gasteiger partial charge is 0.391 e. The Morgan fingerprint density at radius 2 is 1.80 bits per heavy atom. The molecule has 2 fully saturated rings. The molecule has 8 nitrogen and oxygen atoms in total. The number of hydrogen-bond donors (Lipinski definition) is 4. The lowest BCUT2D eigenvalue weighted by molar-refractivity contribution is -0.179. The molecule has 3 heterocycles. The maximum absolute atomic E-state index is 12.9. The number of carbonyl (C=O) groups is 2. The molecule has 0 saturated carbocycles. The Bertz CT molecular complexity index is 984. The van der Waals surface area contributed by atoms with Crippen LogP contribution in [0.15, 0.2) is 47.9 Å². The van der Waals surface area contributed by atoms with E-state index in [0.29, 0.717) is 44.8 Å². The number of rotatable bonds is 6. The summed E-state index contributed by atoms with van der Waals surface area (Å²) in [4.78, 5) is 27.5. The molecule has 190 valence electrons. The quantitative estimate of drug-likeness (QED) is 0.489. The summed E-state index contributed by atoms with van der Waals surface area (Å²) >= 11 is 0. The highest BCUT2D eigenvalue weighted by Crippen LogP contribution is 2.35. The Morgan fingerprint density at radius 1 is 1.09 bits per heavy atom. The highest BCUT2D eigenvalue weighted by molar-refractivity contribution is 5.83. The third kappa shape index (κ3) is 6.40. The van der Waals surface area contributed by atoms with Gasteiger partial charge in [-0.2, -0.15) is 13.2 Å². The van der Waals surface area contributed by atoms with Crippen LogP contribution in [0.3, 0.4) is 0 Å². The molecule has 1 aromatic rings. The maximum atomic E-state index is 12.9. The van der Waals surface area contributed by atoms with Gasteiger partial charge in [-0.15, -0.1) is 0 Å². The number of nitrogens with zero attached hydrogens (tertiary/aromatic N) is 2.